The van der Waals surface area contributed by atoms with Crippen molar-refractivity contribution in [2.45, 2.75) is 204 Å². The second kappa shape index (κ2) is 20.2. The molecule has 6 atom stereocenters. The van der Waals surface area contributed by atoms with Gasteiger partial charge in [-0.2, -0.15) is 0 Å². The average Bonchev–Trinajstić information content (AvgIpc) is 3.20. The van der Waals surface area contributed by atoms with Crippen LogP contribution in [0.15, 0.2) is 0 Å². The zero-order valence-corrected chi connectivity index (χ0v) is 34.2. The van der Waals surface area contributed by atoms with Gasteiger partial charge in [0.15, 0.2) is 0 Å². The fraction of sp³-hybridized carbons (Fsp3) is 0.930. The molecule has 0 aliphatic heterocycles. The first kappa shape index (κ1) is 44.2. The normalized spacial score (nSPS) is 39.5. The molecule has 0 radical (unpaired) electrons. The van der Waals surface area contributed by atoms with Crippen molar-refractivity contribution < 1.29 is 58.6 Å². The lowest BCUT2D eigenvalue weighted by Crippen LogP contribution is -2.42. The van der Waals surface area contributed by atoms with Crippen LogP contribution in [-0.4, -0.2) is 93.5 Å². The number of aliphatic hydroxyl groups is 1. The van der Waals surface area contributed by atoms with E-state index < -0.39 is 52.7 Å². The van der Waals surface area contributed by atoms with Gasteiger partial charge in [0.25, 0.3) is 0 Å². The van der Waals surface area contributed by atoms with Crippen molar-refractivity contribution in [3.8, 4) is 0 Å². The van der Waals surface area contributed by atoms with E-state index in [9.17, 15) is 39.8 Å². The summed E-state index contributed by atoms with van der Waals surface area (Å²) in [6, 6.07) is -0.904. The molecule has 324 valence electrons. The van der Waals surface area contributed by atoms with Crippen LogP contribution >= 0.6 is 0 Å². The maximum Gasteiger partial charge on any atom is 0.310 e. The van der Waals surface area contributed by atoms with Crippen LogP contribution < -0.4 is 0 Å². The summed E-state index contributed by atoms with van der Waals surface area (Å²) in [7, 11) is 0. The molecule has 6 rings (SSSR count). The molecule has 57 heavy (non-hydrogen) atoms. The lowest BCUT2D eigenvalue weighted by molar-refractivity contribution is -0.528. The fourth-order valence-corrected chi connectivity index (χ4v) is 11.4. The number of carboxylic acids is 2. The topological polar surface area (TPSA) is 201 Å². The highest BCUT2D eigenvalue weighted by atomic mass is 17.2. The number of aliphatic carboxylic acids is 2. The summed E-state index contributed by atoms with van der Waals surface area (Å²) < 4.78 is 19.0. The first-order chi connectivity index (χ1) is 27.3. The zero-order chi connectivity index (χ0) is 40.7. The highest BCUT2D eigenvalue weighted by Crippen LogP contribution is 2.49. The van der Waals surface area contributed by atoms with Crippen LogP contribution in [0.25, 0.3) is 0 Å². The highest BCUT2D eigenvalue weighted by Gasteiger charge is 2.46. The number of carbonyl (C=O) groups is 3. The number of nitrogens with zero attached hydrogens (tertiary/aromatic N) is 1. The number of rotatable bonds is 15. The first-order valence-corrected chi connectivity index (χ1v) is 22.3. The minimum absolute atomic E-state index is 0.00417. The molecule has 6 unspecified atom stereocenters. The summed E-state index contributed by atoms with van der Waals surface area (Å²) in [6.07, 6.45) is 17.3. The molecule has 6 fully saturated rings. The summed E-state index contributed by atoms with van der Waals surface area (Å²) >= 11 is 0. The molecule has 0 aromatic rings. The third-order valence-electron chi connectivity index (χ3n) is 15.3. The van der Waals surface area contributed by atoms with E-state index >= 15 is 0 Å². The first-order valence-electron chi connectivity index (χ1n) is 22.3. The molecule has 0 amide bonds. The molecular formula is C43H69NO13. The number of hydrogen-bond donors (Lipinski definition) is 3. The highest BCUT2D eigenvalue weighted by molar-refractivity contribution is 5.81. The standard InChI is InChI=1S/C43H69NO13/c1-43(2,28-6-12-32(13-7-28)55-34-18-20-36(21-19-34)57-53-25-26-3-9-30(45)24-38(26)41(48)49)27-4-10-31(11-5-27)54-33-14-16-35(17-15-33)56-42(50)39-23-29(44(51)52)8-22-37(39)40(46)47/h26-39,45H,3-25H2,1-2H3,(H,46,47)(H,48,49). The van der Waals surface area contributed by atoms with Crippen LogP contribution in [0.3, 0.4) is 0 Å². The maximum atomic E-state index is 13.0. The van der Waals surface area contributed by atoms with Gasteiger partial charge in [0.05, 0.1) is 61.0 Å². The van der Waals surface area contributed by atoms with Gasteiger partial charge in [-0.1, -0.05) is 13.8 Å². The van der Waals surface area contributed by atoms with Crippen molar-refractivity contribution in [2.24, 2.45) is 40.9 Å². The smallest absolute Gasteiger partial charge is 0.310 e. The van der Waals surface area contributed by atoms with Gasteiger partial charge in [-0.3, -0.25) is 24.5 Å². The van der Waals surface area contributed by atoms with Crippen LogP contribution in [0, 0.1) is 51.0 Å². The van der Waals surface area contributed by atoms with Crippen molar-refractivity contribution in [3.05, 3.63) is 10.1 Å². The number of aliphatic hydroxyl groups excluding tert-OH is 1. The molecule has 0 aromatic carbocycles. The molecule has 0 bridgehead atoms. The van der Waals surface area contributed by atoms with E-state index in [4.69, 9.17) is 24.0 Å². The molecule has 6 aliphatic rings. The largest absolute Gasteiger partial charge is 0.481 e. The lowest BCUT2D eigenvalue weighted by Gasteiger charge is -2.47. The van der Waals surface area contributed by atoms with Gasteiger partial charge in [0.2, 0.25) is 6.04 Å². The number of carbonyl (C=O) groups excluding carboxylic acids is 1. The molecule has 0 aromatic heterocycles. The Kier molecular flexibility index (Phi) is 15.7. The Morgan fingerprint density at radius 3 is 1.56 bits per heavy atom. The van der Waals surface area contributed by atoms with Crippen molar-refractivity contribution >= 4 is 17.9 Å². The summed E-state index contributed by atoms with van der Waals surface area (Å²) in [5.74, 6) is -3.86. The summed E-state index contributed by atoms with van der Waals surface area (Å²) in [4.78, 5) is 58.6. The van der Waals surface area contributed by atoms with Gasteiger partial charge in [-0.25, -0.2) is 9.78 Å². The molecule has 14 nitrogen and oxygen atoms in total. The second-order valence-corrected chi connectivity index (χ2v) is 19.1. The van der Waals surface area contributed by atoms with E-state index in [1.807, 2.05) is 0 Å². The minimum atomic E-state index is -1.09. The predicted molar refractivity (Wildman–Crippen MR) is 206 cm³/mol. The number of ether oxygens (including phenoxy) is 3. The third kappa shape index (κ3) is 11.9. The second-order valence-electron chi connectivity index (χ2n) is 19.1. The molecule has 6 aliphatic carbocycles. The van der Waals surface area contributed by atoms with Gasteiger partial charge in [-0.05, 0) is 152 Å². The van der Waals surface area contributed by atoms with E-state index in [-0.39, 0.29) is 74.1 Å². The van der Waals surface area contributed by atoms with Crippen LogP contribution in [0.2, 0.25) is 0 Å². The van der Waals surface area contributed by atoms with Crippen LogP contribution in [0.4, 0.5) is 0 Å². The van der Waals surface area contributed by atoms with Gasteiger partial charge in [-0.15, -0.1) is 0 Å². The number of nitro groups is 1. The summed E-state index contributed by atoms with van der Waals surface area (Å²) in [5.41, 5.74) is 0.257. The van der Waals surface area contributed by atoms with Gasteiger partial charge >= 0.3 is 17.9 Å². The zero-order valence-electron chi connectivity index (χ0n) is 34.2. The summed E-state index contributed by atoms with van der Waals surface area (Å²) in [6.45, 7) is 5.19. The van der Waals surface area contributed by atoms with Crippen molar-refractivity contribution in [1.82, 2.24) is 0 Å². The van der Waals surface area contributed by atoms with Crippen LogP contribution in [0.1, 0.15) is 155 Å². The Labute approximate surface area is 337 Å². The van der Waals surface area contributed by atoms with E-state index in [1.165, 1.54) is 12.8 Å². The van der Waals surface area contributed by atoms with Crippen LogP contribution in [0.5, 0.6) is 0 Å². The Morgan fingerprint density at radius 2 is 1.07 bits per heavy atom. The molecule has 3 N–H and O–H groups in total. The monoisotopic (exact) mass is 807 g/mol. The molecule has 0 spiro atoms. The molecule has 6 saturated carbocycles. The predicted octanol–water partition coefficient (Wildman–Crippen LogP) is 7.29. The Morgan fingerprint density at radius 1 is 0.596 bits per heavy atom. The lowest BCUT2D eigenvalue weighted by atomic mass is 9.60. The fourth-order valence-electron chi connectivity index (χ4n) is 11.4. The minimum Gasteiger partial charge on any atom is -0.481 e. The van der Waals surface area contributed by atoms with Crippen LogP contribution in [-0.2, 0) is 38.4 Å². The van der Waals surface area contributed by atoms with E-state index in [0.29, 0.717) is 43.6 Å². The maximum absolute atomic E-state index is 13.0. The summed E-state index contributed by atoms with van der Waals surface area (Å²) in [5, 5.41) is 40.3. The SMILES string of the molecule is CC(C)(C1CCC(OC2CCC(OOCC3CCC(O)CC3C(=O)O)CC2)CC1)C1CCC(OC2CCC(OC(=O)C3CC([N+](=O)[O-])CCC3C(=O)O)CC2)CC1. The van der Waals surface area contributed by atoms with E-state index in [1.54, 1.807) is 0 Å². The third-order valence-corrected chi connectivity index (χ3v) is 15.3. The molecular weight excluding hydrogens is 738 g/mol. The van der Waals surface area contributed by atoms with Gasteiger partial charge in [0.1, 0.15) is 6.10 Å². The van der Waals surface area contributed by atoms with Gasteiger partial charge < -0.3 is 29.5 Å². The van der Waals surface area contributed by atoms with Gasteiger partial charge in [0, 0.05) is 17.8 Å². The molecule has 0 heterocycles. The van der Waals surface area contributed by atoms with E-state index in [2.05, 4.69) is 13.8 Å². The quantitative estimate of drug-likeness (QED) is 0.0645. The Bertz CT molecular complexity index is 1330. The number of esters is 1. The van der Waals surface area contributed by atoms with Crippen molar-refractivity contribution in [3.63, 3.8) is 0 Å². The molecule has 0 saturated heterocycles. The van der Waals surface area contributed by atoms with Crippen molar-refractivity contribution in [2.75, 3.05) is 6.61 Å². The van der Waals surface area contributed by atoms with E-state index in [0.717, 1.165) is 77.0 Å². The molecule has 14 heteroatoms. The Hall–Kier alpha value is -2.39. The number of hydrogen-bond acceptors (Lipinski definition) is 11. The Balaban J connectivity index is 0.831. The van der Waals surface area contributed by atoms with Crippen molar-refractivity contribution in [1.29, 1.82) is 0 Å². The number of carboxylic acid groups (broad SMARTS) is 2. The average molecular weight is 808 g/mol.